The van der Waals surface area contributed by atoms with Crippen LogP contribution in [0.3, 0.4) is 0 Å². The lowest BCUT2D eigenvalue weighted by Gasteiger charge is -2.32. The summed E-state index contributed by atoms with van der Waals surface area (Å²) >= 11 is 6.37. The predicted molar refractivity (Wildman–Crippen MR) is 77.5 cm³/mol. The highest BCUT2D eigenvalue weighted by molar-refractivity contribution is 6.31. The molecule has 0 bridgehead atoms. The van der Waals surface area contributed by atoms with Crippen molar-refractivity contribution in [3.63, 3.8) is 0 Å². The number of hydrogen-bond donors (Lipinski definition) is 2. The zero-order valence-electron chi connectivity index (χ0n) is 11.6. The van der Waals surface area contributed by atoms with E-state index in [-0.39, 0.29) is 5.92 Å². The second kappa shape index (κ2) is 5.92. The number of rotatable bonds is 4. The maximum absolute atomic E-state index is 7.58. The lowest BCUT2D eigenvalue weighted by Crippen LogP contribution is -2.40. The monoisotopic (exact) mass is 283 g/mol. The van der Waals surface area contributed by atoms with Crippen molar-refractivity contribution < 1.29 is 0 Å². The van der Waals surface area contributed by atoms with E-state index in [1.165, 1.54) is 0 Å². The van der Waals surface area contributed by atoms with Gasteiger partial charge >= 0.3 is 0 Å². The molecule has 6 heteroatoms. The molecular weight excluding hydrogens is 262 g/mol. The van der Waals surface area contributed by atoms with Crippen molar-refractivity contribution in [1.82, 2.24) is 14.7 Å². The molecule has 0 amide bonds. The van der Waals surface area contributed by atoms with Crippen LogP contribution in [0, 0.1) is 11.3 Å². The summed E-state index contributed by atoms with van der Waals surface area (Å²) in [5.74, 6) is 0.487. The first-order valence-electron chi connectivity index (χ1n) is 6.79. The molecule has 1 aliphatic heterocycles. The molecule has 0 aromatic carbocycles. The zero-order valence-corrected chi connectivity index (χ0v) is 12.4. The smallest absolute Gasteiger partial charge is 0.0949 e. The number of likely N-dealkylation sites (tertiary alicyclic amines) is 1. The first-order valence-corrected chi connectivity index (χ1v) is 7.17. The largest absolute Gasteiger partial charge is 0.387 e. The summed E-state index contributed by atoms with van der Waals surface area (Å²) in [4.78, 5) is 2.32. The lowest BCUT2D eigenvalue weighted by molar-refractivity contribution is 0.191. The number of nitrogens with two attached hydrogens (primary N) is 1. The lowest BCUT2D eigenvalue weighted by atomic mass is 9.97. The Labute approximate surface area is 119 Å². The molecule has 1 atom stereocenters. The second-order valence-electron chi connectivity index (χ2n) is 5.21. The first kappa shape index (κ1) is 14.3. The summed E-state index contributed by atoms with van der Waals surface area (Å²) in [6.45, 7) is 4.72. The number of halogens is 1. The number of nitrogens with zero attached hydrogens (tertiary/aromatic N) is 3. The van der Waals surface area contributed by atoms with Crippen molar-refractivity contribution in [1.29, 1.82) is 5.41 Å². The molecule has 1 fully saturated rings. The normalized spacial score (nSPS) is 20.7. The van der Waals surface area contributed by atoms with E-state index >= 15 is 0 Å². The minimum atomic E-state index is 0.186. The number of hydrogen-bond acceptors (Lipinski definition) is 3. The van der Waals surface area contributed by atoms with Gasteiger partial charge in [-0.25, -0.2) is 0 Å². The topological polar surface area (TPSA) is 70.9 Å². The molecule has 0 spiro atoms. The number of piperidine rings is 1. The van der Waals surface area contributed by atoms with Crippen LogP contribution in [-0.2, 0) is 20.0 Å². The van der Waals surface area contributed by atoms with E-state index < -0.39 is 0 Å². The molecule has 0 radical (unpaired) electrons. The van der Waals surface area contributed by atoms with E-state index in [0.717, 1.165) is 55.3 Å². The summed E-state index contributed by atoms with van der Waals surface area (Å²) in [5, 5.41) is 12.8. The molecule has 106 valence electrons. The molecule has 2 rings (SSSR count). The molecule has 2 heterocycles. The minimum Gasteiger partial charge on any atom is -0.387 e. The highest BCUT2D eigenvalue weighted by atomic mass is 35.5. The fraction of sp³-hybridized carbons (Fsp3) is 0.692. The van der Waals surface area contributed by atoms with Crippen LogP contribution < -0.4 is 5.73 Å². The van der Waals surface area contributed by atoms with Gasteiger partial charge in [0.25, 0.3) is 0 Å². The van der Waals surface area contributed by atoms with E-state index in [1.807, 2.05) is 11.7 Å². The zero-order chi connectivity index (χ0) is 14.0. The standard InChI is InChI=1S/C13H22ClN5/c1-3-10-12(14)11(18(2)17-10)8-19-6-4-5-9(7-19)13(15)16/h9H,3-8H2,1-2H3,(H3,15,16). The van der Waals surface area contributed by atoms with E-state index in [4.69, 9.17) is 22.7 Å². The fourth-order valence-electron chi connectivity index (χ4n) is 2.66. The van der Waals surface area contributed by atoms with E-state index in [9.17, 15) is 0 Å². The van der Waals surface area contributed by atoms with Gasteiger partial charge in [0.15, 0.2) is 0 Å². The van der Waals surface area contributed by atoms with Gasteiger partial charge in [-0.2, -0.15) is 5.10 Å². The predicted octanol–water partition coefficient (Wildman–Crippen LogP) is 1.78. The minimum absolute atomic E-state index is 0.186. The van der Waals surface area contributed by atoms with E-state index in [0.29, 0.717) is 5.84 Å². The third-order valence-electron chi connectivity index (χ3n) is 3.82. The van der Waals surface area contributed by atoms with Gasteiger partial charge in [0.05, 0.1) is 22.2 Å². The van der Waals surface area contributed by atoms with Gasteiger partial charge in [-0.3, -0.25) is 15.0 Å². The van der Waals surface area contributed by atoms with Crippen LogP contribution >= 0.6 is 11.6 Å². The Balaban J connectivity index is 2.08. The molecule has 0 saturated carbocycles. The van der Waals surface area contributed by atoms with Gasteiger partial charge in [-0.15, -0.1) is 0 Å². The van der Waals surface area contributed by atoms with E-state index in [2.05, 4.69) is 16.9 Å². The number of amidine groups is 1. The molecular formula is C13H22ClN5. The Bertz CT molecular complexity index is 468. The van der Waals surface area contributed by atoms with Crippen molar-refractivity contribution >= 4 is 17.4 Å². The van der Waals surface area contributed by atoms with Gasteiger partial charge in [0, 0.05) is 26.1 Å². The highest BCUT2D eigenvalue weighted by Gasteiger charge is 2.24. The van der Waals surface area contributed by atoms with Gasteiger partial charge in [-0.05, 0) is 25.8 Å². The number of aryl methyl sites for hydroxylation is 2. The Morgan fingerprint density at radius 2 is 2.32 bits per heavy atom. The molecule has 1 aromatic rings. The summed E-state index contributed by atoms with van der Waals surface area (Å²) < 4.78 is 1.87. The maximum atomic E-state index is 7.58. The Morgan fingerprint density at radius 3 is 2.89 bits per heavy atom. The van der Waals surface area contributed by atoms with Gasteiger partial charge in [-0.1, -0.05) is 18.5 Å². The Morgan fingerprint density at radius 1 is 1.58 bits per heavy atom. The molecule has 1 aromatic heterocycles. The molecule has 19 heavy (non-hydrogen) atoms. The Kier molecular flexibility index (Phi) is 4.47. The third kappa shape index (κ3) is 3.09. The van der Waals surface area contributed by atoms with E-state index in [1.54, 1.807) is 0 Å². The summed E-state index contributed by atoms with van der Waals surface area (Å²) in [6.07, 6.45) is 2.95. The maximum Gasteiger partial charge on any atom is 0.0949 e. The summed E-state index contributed by atoms with van der Waals surface area (Å²) in [6, 6.07) is 0. The second-order valence-corrected chi connectivity index (χ2v) is 5.59. The number of aromatic nitrogens is 2. The van der Waals surface area contributed by atoms with Crippen LogP contribution in [0.25, 0.3) is 0 Å². The molecule has 0 aliphatic carbocycles. The van der Waals surface area contributed by atoms with Crippen molar-refractivity contribution in [2.45, 2.75) is 32.7 Å². The quantitative estimate of drug-likeness (QED) is 0.654. The van der Waals surface area contributed by atoms with Crippen molar-refractivity contribution in [2.75, 3.05) is 13.1 Å². The average molecular weight is 284 g/mol. The molecule has 3 N–H and O–H groups in total. The van der Waals surface area contributed by atoms with Crippen LogP contribution in [0.1, 0.15) is 31.2 Å². The van der Waals surface area contributed by atoms with Gasteiger partial charge < -0.3 is 5.73 Å². The fourth-order valence-corrected chi connectivity index (χ4v) is 3.01. The molecule has 1 saturated heterocycles. The third-order valence-corrected chi connectivity index (χ3v) is 4.26. The molecule has 1 aliphatic rings. The summed E-state index contributed by atoms with van der Waals surface area (Å²) in [5.41, 5.74) is 7.64. The molecule has 1 unspecified atom stereocenters. The Hall–Kier alpha value is -1.07. The van der Waals surface area contributed by atoms with Crippen molar-refractivity contribution in [2.24, 2.45) is 18.7 Å². The SMILES string of the molecule is CCc1nn(C)c(CN2CCCC(C(=N)N)C2)c1Cl. The average Bonchev–Trinajstić information content (AvgIpc) is 2.66. The van der Waals surface area contributed by atoms with Crippen molar-refractivity contribution in [3.8, 4) is 0 Å². The van der Waals surface area contributed by atoms with Gasteiger partial charge in [0.1, 0.15) is 0 Å². The number of nitrogens with one attached hydrogen (secondary N) is 1. The van der Waals surface area contributed by atoms with Crippen molar-refractivity contribution in [3.05, 3.63) is 16.4 Å². The van der Waals surface area contributed by atoms with Crippen LogP contribution in [0.2, 0.25) is 5.02 Å². The first-order chi connectivity index (χ1) is 9.02. The van der Waals surface area contributed by atoms with Gasteiger partial charge in [0.2, 0.25) is 0 Å². The van der Waals surface area contributed by atoms with Crippen LogP contribution in [0.4, 0.5) is 0 Å². The highest BCUT2D eigenvalue weighted by Crippen LogP contribution is 2.24. The van der Waals surface area contributed by atoms with Crippen LogP contribution in [0.15, 0.2) is 0 Å². The molecule has 5 nitrogen and oxygen atoms in total. The van der Waals surface area contributed by atoms with Crippen LogP contribution in [0.5, 0.6) is 0 Å². The van der Waals surface area contributed by atoms with Crippen LogP contribution in [-0.4, -0.2) is 33.6 Å². The summed E-state index contributed by atoms with van der Waals surface area (Å²) in [7, 11) is 1.94.